The number of hydrogen-bond donors (Lipinski definition) is 1. The van der Waals surface area contributed by atoms with Crippen molar-refractivity contribution in [3.8, 4) is 0 Å². The molecule has 15 heavy (non-hydrogen) atoms. The lowest BCUT2D eigenvalue weighted by atomic mass is 10.2. The van der Waals surface area contributed by atoms with Gasteiger partial charge in [0.2, 0.25) is 5.89 Å². The summed E-state index contributed by atoms with van der Waals surface area (Å²) in [5.74, 6) is 0.444. The van der Waals surface area contributed by atoms with Crippen LogP contribution in [-0.2, 0) is 9.84 Å². The van der Waals surface area contributed by atoms with Gasteiger partial charge < -0.3 is 10.3 Å². The van der Waals surface area contributed by atoms with Crippen LogP contribution in [0.5, 0.6) is 0 Å². The minimum absolute atomic E-state index is 0.0939. The highest BCUT2D eigenvalue weighted by atomic mass is 32.2. The number of rotatable bonds is 4. The molecule has 1 aromatic heterocycles. The summed E-state index contributed by atoms with van der Waals surface area (Å²) < 4.78 is 27.3. The molecule has 0 aliphatic rings. The Labute approximate surface area is 88.8 Å². The monoisotopic (exact) mass is 233 g/mol. The van der Waals surface area contributed by atoms with Gasteiger partial charge in [-0.3, -0.25) is 0 Å². The molecule has 0 spiro atoms. The van der Waals surface area contributed by atoms with Gasteiger partial charge in [-0.2, -0.15) is 4.98 Å². The lowest BCUT2D eigenvalue weighted by molar-refractivity contribution is 0.368. The number of aromatic nitrogens is 2. The highest BCUT2D eigenvalue weighted by Gasteiger charge is 2.24. The molecule has 0 aliphatic heterocycles. The Kier molecular flexibility index (Phi) is 3.46. The van der Waals surface area contributed by atoms with Crippen molar-refractivity contribution in [2.24, 2.45) is 5.73 Å². The van der Waals surface area contributed by atoms with Crippen LogP contribution in [0.25, 0.3) is 0 Å². The molecule has 7 heteroatoms. The van der Waals surface area contributed by atoms with Gasteiger partial charge in [0.25, 0.3) is 0 Å². The van der Waals surface area contributed by atoms with E-state index < -0.39 is 15.1 Å². The third-order valence-electron chi connectivity index (χ3n) is 2.22. The standard InChI is InChI=1S/C8H15N3O3S/c1-4-6(9)7-10-8(14-11-7)5(2)15(3,12)13/h5-6H,4,9H2,1-3H3. The van der Waals surface area contributed by atoms with Gasteiger partial charge in [-0.05, 0) is 13.3 Å². The van der Waals surface area contributed by atoms with Crippen molar-refractivity contribution in [2.75, 3.05) is 6.26 Å². The maximum Gasteiger partial charge on any atom is 0.244 e. The zero-order chi connectivity index (χ0) is 11.6. The highest BCUT2D eigenvalue weighted by Crippen LogP contribution is 2.20. The fourth-order valence-corrected chi connectivity index (χ4v) is 1.39. The Morgan fingerprint density at radius 2 is 2.13 bits per heavy atom. The van der Waals surface area contributed by atoms with Crippen LogP contribution in [0.4, 0.5) is 0 Å². The van der Waals surface area contributed by atoms with Crippen LogP contribution in [0.3, 0.4) is 0 Å². The van der Waals surface area contributed by atoms with Crippen molar-refractivity contribution >= 4 is 9.84 Å². The van der Waals surface area contributed by atoms with Crippen molar-refractivity contribution in [3.63, 3.8) is 0 Å². The van der Waals surface area contributed by atoms with Gasteiger partial charge in [-0.1, -0.05) is 12.1 Å². The second kappa shape index (κ2) is 4.28. The van der Waals surface area contributed by atoms with Gasteiger partial charge in [-0.25, -0.2) is 8.42 Å². The van der Waals surface area contributed by atoms with Crippen molar-refractivity contribution in [1.29, 1.82) is 0 Å². The van der Waals surface area contributed by atoms with E-state index in [2.05, 4.69) is 10.1 Å². The molecule has 2 atom stereocenters. The second-order valence-electron chi connectivity index (χ2n) is 3.48. The molecule has 0 fully saturated rings. The van der Waals surface area contributed by atoms with Gasteiger partial charge in [-0.15, -0.1) is 0 Å². The third-order valence-corrected chi connectivity index (χ3v) is 3.71. The van der Waals surface area contributed by atoms with Gasteiger partial charge in [0.15, 0.2) is 15.7 Å². The Bertz CT molecular complexity index is 426. The molecule has 1 heterocycles. The van der Waals surface area contributed by atoms with Crippen LogP contribution in [0.2, 0.25) is 0 Å². The zero-order valence-electron chi connectivity index (χ0n) is 8.97. The first-order valence-electron chi connectivity index (χ1n) is 4.64. The van der Waals surface area contributed by atoms with Crippen LogP contribution in [0.15, 0.2) is 4.52 Å². The first-order valence-corrected chi connectivity index (χ1v) is 6.59. The summed E-state index contributed by atoms with van der Waals surface area (Å²) in [5, 5.41) is 2.86. The average molecular weight is 233 g/mol. The van der Waals surface area contributed by atoms with Crippen molar-refractivity contribution in [2.45, 2.75) is 31.6 Å². The van der Waals surface area contributed by atoms with E-state index in [1.54, 1.807) is 0 Å². The van der Waals surface area contributed by atoms with Gasteiger partial charge in [0.05, 0.1) is 6.04 Å². The number of hydrogen-bond acceptors (Lipinski definition) is 6. The topological polar surface area (TPSA) is 99.1 Å². The number of nitrogens with zero attached hydrogens (tertiary/aromatic N) is 2. The van der Waals surface area contributed by atoms with E-state index in [1.165, 1.54) is 6.92 Å². The summed E-state index contributed by atoms with van der Waals surface area (Å²) in [6.07, 6.45) is 1.80. The van der Waals surface area contributed by atoms with Gasteiger partial charge in [0.1, 0.15) is 5.25 Å². The van der Waals surface area contributed by atoms with Crippen molar-refractivity contribution in [3.05, 3.63) is 11.7 Å². The van der Waals surface area contributed by atoms with E-state index in [0.717, 1.165) is 6.26 Å². The molecule has 0 aromatic carbocycles. The van der Waals surface area contributed by atoms with E-state index in [-0.39, 0.29) is 11.9 Å². The Hall–Kier alpha value is -0.950. The molecule has 0 saturated heterocycles. The molecule has 86 valence electrons. The summed E-state index contributed by atoms with van der Waals surface area (Å²) in [5.41, 5.74) is 5.68. The number of nitrogens with two attached hydrogens (primary N) is 1. The Morgan fingerprint density at radius 3 is 2.60 bits per heavy atom. The summed E-state index contributed by atoms with van der Waals surface area (Å²) in [4.78, 5) is 3.97. The first-order chi connectivity index (χ1) is 6.86. The molecule has 2 unspecified atom stereocenters. The maximum absolute atomic E-state index is 11.2. The molecule has 1 aromatic rings. The van der Waals surface area contributed by atoms with Crippen LogP contribution in [0.1, 0.15) is 43.3 Å². The summed E-state index contributed by atoms with van der Waals surface area (Å²) >= 11 is 0. The van der Waals surface area contributed by atoms with E-state index >= 15 is 0 Å². The van der Waals surface area contributed by atoms with Crippen molar-refractivity contribution < 1.29 is 12.9 Å². The zero-order valence-corrected chi connectivity index (χ0v) is 9.78. The molecule has 1 rings (SSSR count). The third kappa shape index (κ3) is 2.75. The fourth-order valence-electron chi connectivity index (χ4n) is 0.929. The Morgan fingerprint density at radius 1 is 1.53 bits per heavy atom. The van der Waals surface area contributed by atoms with Crippen molar-refractivity contribution in [1.82, 2.24) is 10.1 Å². The molecule has 0 amide bonds. The minimum atomic E-state index is -3.21. The molecular weight excluding hydrogens is 218 g/mol. The Balaban J connectivity index is 2.94. The summed E-state index contributed by atoms with van der Waals surface area (Å²) in [6.45, 7) is 3.39. The minimum Gasteiger partial charge on any atom is -0.338 e. The smallest absolute Gasteiger partial charge is 0.244 e. The predicted molar refractivity (Wildman–Crippen MR) is 54.8 cm³/mol. The average Bonchev–Trinajstić information content (AvgIpc) is 2.62. The van der Waals surface area contributed by atoms with Gasteiger partial charge >= 0.3 is 0 Å². The largest absolute Gasteiger partial charge is 0.338 e. The molecule has 0 saturated carbocycles. The normalized spacial score (nSPS) is 16.3. The number of sulfone groups is 1. The summed E-state index contributed by atoms with van der Waals surface area (Å²) in [6, 6.07) is -0.311. The van der Waals surface area contributed by atoms with Crippen LogP contribution >= 0.6 is 0 Å². The quantitative estimate of drug-likeness (QED) is 0.816. The second-order valence-corrected chi connectivity index (χ2v) is 5.84. The molecule has 6 nitrogen and oxygen atoms in total. The van der Waals surface area contributed by atoms with E-state index in [0.29, 0.717) is 12.2 Å². The van der Waals surface area contributed by atoms with E-state index in [4.69, 9.17) is 10.3 Å². The molecule has 0 aliphatic carbocycles. The van der Waals surface area contributed by atoms with E-state index in [1.807, 2.05) is 6.92 Å². The maximum atomic E-state index is 11.2. The lowest BCUT2D eigenvalue weighted by Gasteiger charge is -2.02. The van der Waals surface area contributed by atoms with Crippen LogP contribution < -0.4 is 5.73 Å². The SMILES string of the molecule is CCC(N)c1noc(C(C)S(C)(=O)=O)n1. The first kappa shape index (κ1) is 12.1. The molecular formula is C8H15N3O3S. The predicted octanol–water partition coefficient (Wildman–Crippen LogP) is 0.585. The van der Waals surface area contributed by atoms with E-state index in [9.17, 15) is 8.42 Å². The molecule has 2 N–H and O–H groups in total. The molecule has 0 radical (unpaired) electrons. The van der Waals surface area contributed by atoms with Gasteiger partial charge in [0, 0.05) is 6.26 Å². The fraction of sp³-hybridized carbons (Fsp3) is 0.750. The molecule has 0 bridgehead atoms. The van der Waals surface area contributed by atoms with Crippen LogP contribution in [-0.4, -0.2) is 24.8 Å². The summed E-state index contributed by atoms with van der Waals surface area (Å²) in [7, 11) is -3.21. The lowest BCUT2D eigenvalue weighted by Crippen LogP contribution is -2.12. The van der Waals surface area contributed by atoms with Crippen LogP contribution in [0, 0.1) is 0 Å². The highest BCUT2D eigenvalue weighted by molar-refractivity contribution is 7.90.